The Morgan fingerprint density at radius 3 is 2.12 bits per heavy atom. The van der Waals surface area contributed by atoms with Gasteiger partial charge >= 0.3 is 0 Å². The van der Waals surface area contributed by atoms with Gasteiger partial charge in [0.1, 0.15) is 0 Å². The molecule has 0 aromatic heterocycles. The fourth-order valence-electron chi connectivity index (χ4n) is 4.12. The van der Waals surface area contributed by atoms with E-state index in [0.29, 0.717) is 12.0 Å². The first-order chi connectivity index (χ1) is 15.4. The summed E-state index contributed by atoms with van der Waals surface area (Å²) in [6.07, 6.45) is 8.22. The molecule has 32 heavy (non-hydrogen) atoms. The Kier molecular flexibility index (Phi) is 13.0. The highest BCUT2D eigenvalue weighted by atomic mass is 16.4. The molecule has 3 nitrogen and oxygen atoms in total. The number of methoxy groups -OCH3 is 1. The van der Waals surface area contributed by atoms with Crippen molar-refractivity contribution >= 4 is 0 Å². The number of hydrogen-bond donors (Lipinski definition) is 1. The third kappa shape index (κ3) is 8.10. The van der Waals surface area contributed by atoms with Gasteiger partial charge in [0.25, 0.3) is 0 Å². The molecule has 1 atom stereocenters. The van der Waals surface area contributed by atoms with E-state index < -0.39 is 0 Å². The molecule has 177 valence electrons. The molecule has 2 aromatic carbocycles. The van der Waals surface area contributed by atoms with E-state index in [1.807, 2.05) is 13.8 Å². The van der Waals surface area contributed by atoms with Crippen LogP contribution in [0.5, 0.6) is 0 Å². The largest absolute Gasteiger partial charge is 0.388 e. The van der Waals surface area contributed by atoms with E-state index >= 15 is 0 Å². The van der Waals surface area contributed by atoms with Gasteiger partial charge in [-0.25, -0.2) is 0 Å². The standard InChI is InChI=1S/C25H32N2.C2H6O.C2H6.H/c1-6-20-13-19(4)24(25(26-5)12-11-18(2)3)14-23(20)17-27-15-21-9-7-8-10-22(21)16-27;1-3-2;1-2;/h1,7-10,13-14,18,25-26H,11-12,15-17H2,2-5H3;1-2H3;1-2H3;. The SMILES string of the molecule is C#Cc1cc(C)c(C(CCC(C)C)NC)cc1CN1Cc2ccccc2C1.CC.COC.[H]. The predicted octanol–water partition coefficient (Wildman–Crippen LogP) is 6.59. The van der Waals surface area contributed by atoms with E-state index in [-0.39, 0.29) is 1.43 Å². The molecule has 1 unspecified atom stereocenters. The maximum atomic E-state index is 5.85. The number of rotatable bonds is 7. The lowest BCUT2D eigenvalue weighted by Gasteiger charge is -2.23. The molecule has 1 N–H and O–H groups in total. The van der Waals surface area contributed by atoms with Crippen molar-refractivity contribution in [1.82, 2.24) is 10.2 Å². The molecule has 0 fully saturated rings. The van der Waals surface area contributed by atoms with E-state index in [4.69, 9.17) is 6.42 Å². The van der Waals surface area contributed by atoms with Crippen molar-refractivity contribution in [3.8, 4) is 12.3 Å². The summed E-state index contributed by atoms with van der Waals surface area (Å²) in [5.74, 6) is 3.64. The van der Waals surface area contributed by atoms with Gasteiger partial charge < -0.3 is 10.1 Å². The minimum Gasteiger partial charge on any atom is -0.388 e. The molecule has 3 rings (SSSR count). The van der Waals surface area contributed by atoms with Gasteiger partial charge in [-0.1, -0.05) is 63.9 Å². The smallest absolute Gasteiger partial charge is 0.0351 e. The summed E-state index contributed by atoms with van der Waals surface area (Å²) < 4.78 is 4.25. The van der Waals surface area contributed by atoms with E-state index in [0.717, 1.165) is 31.6 Å². The number of aryl methyl sites for hydroxylation is 1. The van der Waals surface area contributed by atoms with Crippen molar-refractivity contribution < 1.29 is 6.16 Å². The van der Waals surface area contributed by atoms with Crippen LogP contribution >= 0.6 is 0 Å². The Balaban J connectivity index is 0.00000158. The predicted molar refractivity (Wildman–Crippen MR) is 140 cm³/mol. The Morgan fingerprint density at radius 2 is 1.66 bits per heavy atom. The molecule has 2 aromatic rings. The highest BCUT2D eigenvalue weighted by Gasteiger charge is 2.21. The summed E-state index contributed by atoms with van der Waals surface area (Å²) in [6.45, 7) is 13.7. The van der Waals surface area contributed by atoms with Crippen molar-refractivity contribution in [2.75, 3.05) is 21.3 Å². The number of terminal acetylenes is 1. The zero-order chi connectivity index (χ0) is 24.1. The van der Waals surface area contributed by atoms with Gasteiger partial charge in [-0.05, 0) is 66.6 Å². The first-order valence-corrected chi connectivity index (χ1v) is 11.9. The Hall–Kier alpha value is -2.12. The van der Waals surface area contributed by atoms with Crippen LogP contribution in [0.25, 0.3) is 0 Å². The average molecular weight is 438 g/mol. The number of fused-ring (bicyclic) bond motifs is 1. The van der Waals surface area contributed by atoms with Crippen LogP contribution < -0.4 is 5.32 Å². The lowest BCUT2D eigenvalue weighted by molar-refractivity contribution is 0.275. The summed E-state index contributed by atoms with van der Waals surface area (Å²) >= 11 is 0. The molecule has 0 saturated carbocycles. The van der Waals surface area contributed by atoms with Crippen molar-refractivity contribution in [3.63, 3.8) is 0 Å². The maximum Gasteiger partial charge on any atom is 0.0351 e. The molecule has 0 aliphatic carbocycles. The van der Waals surface area contributed by atoms with Crippen LogP contribution in [0.1, 0.15) is 81.4 Å². The van der Waals surface area contributed by atoms with Gasteiger partial charge in [0, 0.05) is 46.9 Å². The van der Waals surface area contributed by atoms with Crippen LogP contribution in [-0.4, -0.2) is 26.2 Å². The highest BCUT2D eigenvalue weighted by Crippen LogP contribution is 2.29. The van der Waals surface area contributed by atoms with Crippen LogP contribution in [-0.2, 0) is 24.4 Å². The Labute approximate surface area is 199 Å². The van der Waals surface area contributed by atoms with Gasteiger partial charge in [0.2, 0.25) is 0 Å². The first kappa shape index (κ1) is 27.9. The molecule has 0 amide bonds. The van der Waals surface area contributed by atoms with E-state index in [1.54, 1.807) is 14.2 Å². The van der Waals surface area contributed by atoms with Crippen LogP contribution in [0.4, 0.5) is 0 Å². The average Bonchev–Trinajstić information content (AvgIpc) is 3.20. The number of hydrogen-bond acceptors (Lipinski definition) is 3. The van der Waals surface area contributed by atoms with Gasteiger partial charge in [-0.15, -0.1) is 6.42 Å². The molecule has 1 heterocycles. The summed E-state index contributed by atoms with van der Waals surface area (Å²) in [5.41, 5.74) is 7.87. The van der Waals surface area contributed by atoms with Crippen molar-refractivity contribution in [1.29, 1.82) is 0 Å². The van der Waals surface area contributed by atoms with Crippen LogP contribution in [0.3, 0.4) is 0 Å². The highest BCUT2D eigenvalue weighted by molar-refractivity contribution is 5.47. The molecule has 3 heteroatoms. The second-order valence-corrected chi connectivity index (χ2v) is 8.64. The van der Waals surface area contributed by atoms with Crippen LogP contribution in [0, 0.1) is 25.2 Å². The number of nitrogens with one attached hydrogen (secondary N) is 1. The molecule has 0 bridgehead atoms. The lowest BCUT2D eigenvalue weighted by Crippen LogP contribution is -2.20. The van der Waals surface area contributed by atoms with Gasteiger partial charge in [-0.2, -0.15) is 0 Å². The van der Waals surface area contributed by atoms with Gasteiger partial charge in [0.05, 0.1) is 0 Å². The molecule has 1 aliphatic rings. The molecule has 1 aliphatic heterocycles. The van der Waals surface area contributed by atoms with Crippen molar-refractivity contribution in [3.05, 3.63) is 69.8 Å². The number of ether oxygens (including phenoxy) is 1. The van der Waals surface area contributed by atoms with E-state index in [2.05, 4.69) is 85.1 Å². The fourth-order valence-corrected chi connectivity index (χ4v) is 4.12. The topological polar surface area (TPSA) is 24.5 Å². The van der Waals surface area contributed by atoms with Crippen molar-refractivity contribution in [2.24, 2.45) is 5.92 Å². The summed E-state index contributed by atoms with van der Waals surface area (Å²) in [6, 6.07) is 13.7. The molecule has 0 saturated heterocycles. The zero-order valence-electron chi connectivity index (χ0n) is 22.6. The van der Waals surface area contributed by atoms with Crippen LogP contribution in [0.2, 0.25) is 0 Å². The third-order valence-electron chi connectivity index (χ3n) is 5.70. The summed E-state index contributed by atoms with van der Waals surface area (Å²) in [4.78, 5) is 2.49. The molecule has 0 spiro atoms. The first-order valence-electron chi connectivity index (χ1n) is 11.9. The summed E-state index contributed by atoms with van der Waals surface area (Å²) in [7, 11) is 5.32. The van der Waals surface area contributed by atoms with E-state index in [1.165, 1.54) is 34.2 Å². The maximum absolute atomic E-state index is 5.85. The second-order valence-electron chi connectivity index (χ2n) is 8.64. The third-order valence-corrected chi connectivity index (χ3v) is 5.70. The minimum atomic E-state index is 0. The monoisotopic (exact) mass is 437 g/mol. The fraction of sp³-hybridized carbons (Fsp3) is 0.517. The molecular formula is C29H45N2O. The Morgan fingerprint density at radius 1 is 1.09 bits per heavy atom. The molecular weight excluding hydrogens is 392 g/mol. The van der Waals surface area contributed by atoms with Gasteiger partial charge in [-0.3, -0.25) is 4.90 Å². The summed E-state index contributed by atoms with van der Waals surface area (Å²) in [5, 5.41) is 3.52. The molecule has 1 radical (unpaired) electrons. The second kappa shape index (κ2) is 14.9. The van der Waals surface area contributed by atoms with Crippen LogP contribution in [0.15, 0.2) is 36.4 Å². The normalized spacial score (nSPS) is 13.4. The number of benzene rings is 2. The quantitative estimate of drug-likeness (QED) is 0.495. The zero-order valence-corrected chi connectivity index (χ0v) is 21.6. The number of nitrogens with zero attached hydrogens (tertiary/aromatic N) is 1. The lowest BCUT2D eigenvalue weighted by atomic mass is 9.91. The van der Waals surface area contributed by atoms with Gasteiger partial charge in [0.15, 0.2) is 0 Å². The minimum absolute atomic E-state index is 0. The Bertz CT molecular complexity index is 832. The van der Waals surface area contributed by atoms with E-state index in [9.17, 15) is 0 Å². The van der Waals surface area contributed by atoms with Crippen molar-refractivity contribution in [2.45, 2.75) is 73.1 Å².